The molecule has 7 rings (SSSR count). The molecular formula is C35H37BN2O7. The summed E-state index contributed by atoms with van der Waals surface area (Å²) >= 11 is 0. The number of pyridine rings is 2. The number of aryl methyl sites for hydroxylation is 1. The molecule has 0 radical (unpaired) electrons. The second-order valence-corrected chi connectivity index (χ2v) is 13.2. The van der Waals surface area contributed by atoms with Gasteiger partial charge in [0.25, 0.3) is 5.56 Å². The first-order valence-corrected chi connectivity index (χ1v) is 15.6. The van der Waals surface area contributed by atoms with Crippen molar-refractivity contribution in [3.63, 3.8) is 0 Å². The van der Waals surface area contributed by atoms with Gasteiger partial charge in [0.2, 0.25) is 0 Å². The van der Waals surface area contributed by atoms with Gasteiger partial charge in [-0.05, 0) is 81.4 Å². The van der Waals surface area contributed by atoms with Crippen LogP contribution in [-0.4, -0.2) is 38.9 Å². The summed E-state index contributed by atoms with van der Waals surface area (Å²) in [5, 5.41) is 12.1. The minimum atomic E-state index is -1.85. The summed E-state index contributed by atoms with van der Waals surface area (Å²) in [4.78, 5) is 31.1. The number of hydrogen-bond acceptors (Lipinski definition) is 8. The van der Waals surface area contributed by atoms with Gasteiger partial charge in [0.05, 0.1) is 40.2 Å². The zero-order chi connectivity index (χ0) is 31.9. The molecule has 2 aromatic heterocycles. The molecule has 1 N–H and O–H groups in total. The van der Waals surface area contributed by atoms with Crippen LogP contribution in [0.2, 0.25) is 0 Å². The zero-order valence-corrected chi connectivity index (χ0v) is 26.5. The van der Waals surface area contributed by atoms with Crippen LogP contribution in [0.4, 0.5) is 0 Å². The van der Waals surface area contributed by atoms with Crippen LogP contribution < -0.4 is 15.8 Å². The number of nitrogens with zero attached hydrogens (tertiary/aromatic N) is 2. The molecule has 10 heteroatoms. The van der Waals surface area contributed by atoms with E-state index in [1.54, 1.807) is 17.6 Å². The first-order chi connectivity index (χ1) is 21.4. The van der Waals surface area contributed by atoms with E-state index in [1.807, 2.05) is 70.2 Å². The molecule has 0 saturated carbocycles. The predicted octanol–water partition coefficient (Wildman–Crippen LogP) is 4.52. The minimum absolute atomic E-state index is 0.104. The van der Waals surface area contributed by atoms with E-state index in [9.17, 15) is 14.7 Å². The molecule has 1 saturated heterocycles. The molecule has 2 aromatic carbocycles. The Labute approximate surface area is 262 Å². The number of benzene rings is 2. The number of carbonyl (C=O) groups excluding carboxylic acids is 1. The number of cyclic esters (lactones) is 1. The Bertz CT molecular complexity index is 1920. The lowest BCUT2D eigenvalue weighted by atomic mass is 9.79. The van der Waals surface area contributed by atoms with Gasteiger partial charge in [0.1, 0.15) is 19.0 Å². The van der Waals surface area contributed by atoms with E-state index in [1.165, 1.54) is 0 Å². The van der Waals surface area contributed by atoms with Crippen molar-refractivity contribution < 1.29 is 28.7 Å². The smallest absolute Gasteiger partial charge is 0.489 e. The number of fused-ring (bicyclic) bond motifs is 5. The lowest BCUT2D eigenvalue weighted by Gasteiger charge is -2.32. The van der Waals surface area contributed by atoms with Crippen LogP contribution in [-0.2, 0) is 50.6 Å². The molecule has 1 atom stereocenters. The van der Waals surface area contributed by atoms with Gasteiger partial charge in [0, 0.05) is 16.5 Å². The van der Waals surface area contributed by atoms with E-state index in [2.05, 4.69) is 6.92 Å². The highest BCUT2D eigenvalue weighted by atomic mass is 16.7. The SMILES string of the molecule is CCc1c2c(nc3ccc(OCc4ccc(B5OC(C)(C)C(C)(C)O5)cc4)cc13)-c1cc3c(c(=O)n1C2)COC(=O)[C@]3(O)CC. The predicted molar refractivity (Wildman–Crippen MR) is 170 cm³/mol. The molecule has 3 aliphatic heterocycles. The van der Waals surface area contributed by atoms with Gasteiger partial charge in [-0.15, -0.1) is 0 Å². The first-order valence-electron chi connectivity index (χ1n) is 15.6. The van der Waals surface area contributed by atoms with E-state index >= 15 is 0 Å². The van der Waals surface area contributed by atoms with Crippen molar-refractivity contribution in [2.24, 2.45) is 0 Å². The van der Waals surface area contributed by atoms with E-state index in [0.717, 1.165) is 45.2 Å². The molecule has 4 aromatic rings. The largest absolute Gasteiger partial charge is 0.494 e. The maximum Gasteiger partial charge on any atom is 0.494 e. The van der Waals surface area contributed by atoms with Crippen LogP contribution >= 0.6 is 0 Å². The first kappa shape index (κ1) is 29.7. The van der Waals surface area contributed by atoms with Gasteiger partial charge in [-0.25, -0.2) is 9.78 Å². The summed E-state index contributed by atoms with van der Waals surface area (Å²) in [5.74, 6) is -0.00464. The highest BCUT2D eigenvalue weighted by molar-refractivity contribution is 6.62. The number of hydrogen-bond donors (Lipinski definition) is 1. The molecule has 5 heterocycles. The Hall–Kier alpha value is -3.99. The standard InChI is InChI=1S/C35H37BN2O7/c1-7-23-24-15-22(42-18-20-9-11-21(12-10-20)36-44-33(3,4)34(5,6)45-36)13-14-28(24)37-30-25(23)17-38-29(30)16-27-26(31(38)39)19-43-32(40)35(27,41)8-2/h9-16,41H,7-8,17-19H2,1-6H3/t35-/m0/s1. The third-order valence-electron chi connectivity index (χ3n) is 10.0. The van der Waals surface area contributed by atoms with Crippen LogP contribution in [0.3, 0.4) is 0 Å². The van der Waals surface area contributed by atoms with Crippen molar-refractivity contribution in [1.82, 2.24) is 9.55 Å². The summed E-state index contributed by atoms with van der Waals surface area (Å²) in [6.45, 7) is 12.6. The van der Waals surface area contributed by atoms with Gasteiger partial charge in [0.15, 0.2) is 5.60 Å². The quantitative estimate of drug-likeness (QED) is 0.222. The molecular weight excluding hydrogens is 571 g/mol. The van der Waals surface area contributed by atoms with Crippen molar-refractivity contribution >= 4 is 29.5 Å². The van der Waals surface area contributed by atoms with Crippen molar-refractivity contribution in [1.29, 1.82) is 0 Å². The molecule has 0 unspecified atom stereocenters. The van der Waals surface area contributed by atoms with Crippen molar-refractivity contribution in [2.45, 2.75) is 90.9 Å². The van der Waals surface area contributed by atoms with Gasteiger partial charge in [-0.3, -0.25) is 4.79 Å². The molecule has 45 heavy (non-hydrogen) atoms. The number of carbonyl (C=O) groups is 1. The van der Waals surface area contributed by atoms with Gasteiger partial charge >= 0.3 is 13.1 Å². The average molecular weight is 609 g/mol. The fraction of sp³-hybridized carbons (Fsp3) is 0.400. The average Bonchev–Trinajstić information content (AvgIpc) is 3.49. The fourth-order valence-electron chi connectivity index (χ4n) is 6.55. The van der Waals surface area contributed by atoms with Crippen LogP contribution in [0.1, 0.15) is 75.8 Å². The number of aliphatic hydroxyl groups is 1. The summed E-state index contributed by atoms with van der Waals surface area (Å²) in [5.41, 5.74) is 3.87. The van der Waals surface area contributed by atoms with Gasteiger partial charge < -0.3 is 28.5 Å². The van der Waals surface area contributed by atoms with Crippen molar-refractivity contribution in [3.8, 4) is 17.1 Å². The lowest BCUT2D eigenvalue weighted by Crippen LogP contribution is -2.44. The Kier molecular flexibility index (Phi) is 6.78. The summed E-state index contributed by atoms with van der Waals surface area (Å²) in [6.07, 6.45) is 0.834. The Balaban J connectivity index is 1.16. The molecule has 9 nitrogen and oxygen atoms in total. The summed E-state index contributed by atoms with van der Waals surface area (Å²) in [7, 11) is -0.409. The molecule has 0 spiro atoms. The maximum absolute atomic E-state index is 13.6. The van der Waals surface area contributed by atoms with Crippen LogP contribution in [0.5, 0.6) is 5.75 Å². The summed E-state index contributed by atoms with van der Waals surface area (Å²) in [6, 6.07) is 15.7. The molecule has 232 valence electrons. The molecule has 0 aliphatic carbocycles. The van der Waals surface area contributed by atoms with Crippen LogP contribution in [0.25, 0.3) is 22.3 Å². The topological polar surface area (TPSA) is 109 Å². The molecule has 0 amide bonds. The van der Waals surface area contributed by atoms with E-state index < -0.39 is 29.9 Å². The maximum atomic E-state index is 13.6. The fourth-order valence-corrected chi connectivity index (χ4v) is 6.55. The molecule has 0 bridgehead atoms. The highest BCUT2D eigenvalue weighted by Crippen LogP contribution is 2.41. The number of ether oxygens (including phenoxy) is 2. The Morgan fingerprint density at radius 2 is 1.69 bits per heavy atom. The zero-order valence-electron chi connectivity index (χ0n) is 26.5. The van der Waals surface area contributed by atoms with Gasteiger partial charge in [-0.2, -0.15) is 0 Å². The second-order valence-electron chi connectivity index (χ2n) is 13.2. The van der Waals surface area contributed by atoms with E-state index in [-0.39, 0.29) is 18.6 Å². The van der Waals surface area contributed by atoms with E-state index in [4.69, 9.17) is 23.8 Å². The molecule has 1 fully saturated rings. The van der Waals surface area contributed by atoms with E-state index in [0.29, 0.717) is 35.7 Å². The normalized spacial score (nSPS) is 21.0. The van der Waals surface area contributed by atoms with Crippen molar-refractivity contribution in [2.75, 3.05) is 0 Å². The number of aromatic nitrogens is 2. The Morgan fingerprint density at radius 1 is 0.978 bits per heavy atom. The number of esters is 1. The number of rotatable bonds is 6. The minimum Gasteiger partial charge on any atom is -0.489 e. The van der Waals surface area contributed by atoms with Crippen LogP contribution in [0.15, 0.2) is 53.3 Å². The van der Waals surface area contributed by atoms with Crippen LogP contribution in [0, 0.1) is 0 Å². The lowest BCUT2D eigenvalue weighted by molar-refractivity contribution is -0.172. The van der Waals surface area contributed by atoms with Crippen molar-refractivity contribution in [3.05, 3.63) is 86.7 Å². The molecule has 3 aliphatic rings. The second kappa shape index (κ2) is 10.3. The highest BCUT2D eigenvalue weighted by Gasteiger charge is 2.51. The third kappa shape index (κ3) is 4.53. The summed E-state index contributed by atoms with van der Waals surface area (Å²) < 4.78 is 25.5. The Morgan fingerprint density at radius 3 is 2.36 bits per heavy atom. The third-order valence-corrected chi connectivity index (χ3v) is 10.0. The monoisotopic (exact) mass is 608 g/mol. The van der Waals surface area contributed by atoms with Gasteiger partial charge in [-0.1, -0.05) is 38.1 Å².